The number of hydrogen-bond acceptors (Lipinski definition) is 4. The minimum absolute atomic E-state index is 0.101. The number of benzene rings is 1. The van der Waals surface area contributed by atoms with Gasteiger partial charge in [0, 0.05) is 17.2 Å². The summed E-state index contributed by atoms with van der Waals surface area (Å²) in [6, 6.07) is 6.28. The van der Waals surface area contributed by atoms with Crippen LogP contribution < -0.4 is 0 Å². The summed E-state index contributed by atoms with van der Waals surface area (Å²) >= 11 is 0. The number of carbonyl (C=O) groups is 2. The largest absolute Gasteiger partial charge is 0.289 e. The molecule has 0 amide bonds. The molecule has 0 heterocycles. The summed E-state index contributed by atoms with van der Waals surface area (Å²) in [5, 5.41) is 0. The Kier molecular flexibility index (Phi) is 3.66. The van der Waals surface area contributed by atoms with Crippen molar-refractivity contribution in [3.63, 3.8) is 0 Å². The fourth-order valence-electron chi connectivity index (χ4n) is 1.97. The summed E-state index contributed by atoms with van der Waals surface area (Å²) in [4.78, 5) is 23.7. The van der Waals surface area contributed by atoms with Gasteiger partial charge in [0.25, 0.3) is 0 Å². The second-order valence-corrected chi connectivity index (χ2v) is 6.50. The molecule has 0 bridgehead atoms. The molecule has 0 saturated carbocycles. The number of ketones is 2. The van der Waals surface area contributed by atoms with Gasteiger partial charge in [-0.3, -0.25) is 9.59 Å². The van der Waals surface area contributed by atoms with E-state index in [1.165, 1.54) is 12.1 Å². The summed E-state index contributed by atoms with van der Waals surface area (Å²) in [6.07, 6.45) is 2.14. The molecule has 1 aromatic rings. The van der Waals surface area contributed by atoms with Crippen molar-refractivity contribution in [2.24, 2.45) is 0 Å². The maximum atomic E-state index is 12.2. The van der Waals surface area contributed by atoms with Gasteiger partial charge in [0.15, 0.2) is 15.6 Å². The highest BCUT2D eigenvalue weighted by Gasteiger charge is 2.32. The van der Waals surface area contributed by atoms with Crippen molar-refractivity contribution in [2.75, 3.05) is 5.75 Å². The average molecular weight is 278 g/mol. The Morgan fingerprint density at radius 3 is 2.32 bits per heavy atom. The van der Waals surface area contributed by atoms with Gasteiger partial charge in [-0.05, 0) is 6.42 Å². The molecular weight excluding hydrogens is 264 g/mol. The van der Waals surface area contributed by atoms with Crippen LogP contribution in [0.25, 0.3) is 0 Å². The summed E-state index contributed by atoms with van der Waals surface area (Å²) in [7, 11) is -3.68. The quantitative estimate of drug-likeness (QED) is 0.846. The van der Waals surface area contributed by atoms with Crippen molar-refractivity contribution < 1.29 is 18.0 Å². The molecule has 4 nitrogen and oxygen atoms in total. The van der Waals surface area contributed by atoms with Crippen molar-refractivity contribution in [1.29, 1.82) is 0 Å². The Balaban J connectivity index is 2.46. The summed E-state index contributed by atoms with van der Waals surface area (Å²) in [6.45, 7) is 1.87. The van der Waals surface area contributed by atoms with Crippen LogP contribution in [0.3, 0.4) is 0 Å². The minimum atomic E-state index is -3.68. The van der Waals surface area contributed by atoms with Crippen molar-refractivity contribution in [3.05, 3.63) is 46.4 Å². The van der Waals surface area contributed by atoms with Crippen LogP contribution in [0.4, 0.5) is 0 Å². The molecule has 0 radical (unpaired) electrons. The van der Waals surface area contributed by atoms with E-state index in [1.54, 1.807) is 12.1 Å². The van der Waals surface area contributed by atoms with Crippen LogP contribution in [-0.4, -0.2) is 25.7 Å². The summed E-state index contributed by atoms with van der Waals surface area (Å²) in [5.74, 6) is -1.10. The van der Waals surface area contributed by atoms with Crippen LogP contribution in [-0.2, 0) is 9.84 Å². The predicted molar refractivity (Wildman–Crippen MR) is 71.9 cm³/mol. The number of Topliss-reactive ketones (excluding diaryl/α,β-unsaturated/α-hetero) is 1. The lowest BCUT2D eigenvalue weighted by Crippen LogP contribution is -2.23. The fraction of sp³-hybridized carbons (Fsp3) is 0.286. The van der Waals surface area contributed by atoms with Gasteiger partial charge in [-0.1, -0.05) is 37.6 Å². The lowest BCUT2D eigenvalue weighted by molar-refractivity contribution is 0.0990. The van der Waals surface area contributed by atoms with E-state index < -0.39 is 21.4 Å². The number of fused-ring (bicyclic) bond motifs is 1. The highest BCUT2D eigenvalue weighted by molar-refractivity contribution is 7.96. The molecule has 0 saturated heterocycles. The van der Waals surface area contributed by atoms with Gasteiger partial charge in [-0.2, -0.15) is 0 Å². The van der Waals surface area contributed by atoms with Crippen molar-refractivity contribution >= 4 is 21.4 Å². The topological polar surface area (TPSA) is 68.3 Å². The van der Waals surface area contributed by atoms with E-state index in [4.69, 9.17) is 0 Å². The molecule has 0 aromatic heterocycles. The van der Waals surface area contributed by atoms with Crippen molar-refractivity contribution in [2.45, 2.75) is 19.8 Å². The van der Waals surface area contributed by atoms with E-state index >= 15 is 0 Å². The van der Waals surface area contributed by atoms with Gasteiger partial charge in [-0.25, -0.2) is 8.42 Å². The predicted octanol–water partition coefficient (Wildman–Crippen LogP) is 2.16. The standard InChI is InChI=1S/C14H14O4S/c1-2-3-8-19(17,18)13-9-12(15)10-6-4-5-7-11(10)14(13)16/h4-7,9H,2-3,8H2,1H3. The Bertz CT molecular complexity index is 668. The van der Waals surface area contributed by atoms with Crippen LogP contribution in [0.5, 0.6) is 0 Å². The van der Waals surface area contributed by atoms with E-state index in [9.17, 15) is 18.0 Å². The number of sulfone groups is 1. The molecule has 0 atom stereocenters. The van der Waals surface area contributed by atoms with Gasteiger partial charge in [0.2, 0.25) is 5.78 Å². The molecule has 0 N–H and O–H groups in total. The zero-order valence-corrected chi connectivity index (χ0v) is 11.4. The SMILES string of the molecule is CCCCS(=O)(=O)C1=CC(=O)c2ccccc2C1=O. The van der Waals surface area contributed by atoms with Gasteiger partial charge >= 0.3 is 0 Å². The van der Waals surface area contributed by atoms with Crippen LogP contribution in [0.2, 0.25) is 0 Å². The highest BCUT2D eigenvalue weighted by Crippen LogP contribution is 2.25. The van der Waals surface area contributed by atoms with Gasteiger partial charge in [-0.15, -0.1) is 0 Å². The molecule has 5 heteroatoms. The Hall–Kier alpha value is -1.75. The summed E-state index contributed by atoms with van der Waals surface area (Å²) < 4.78 is 24.1. The number of rotatable bonds is 4. The zero-order valence-electron chi connectivity index (χ0n) is 10.5. The third kappa shape index (κ3) is 2.51. The number of unbranched alkanes of at least 4 members (excludes halogenated alkanes) is 1. The van der Waals surface area contributed by atoms with Crippen LogP contribution in [0, 0.1) is 0 Å². The first-order chi connectivity index (χ1) is 8.97. The lowest BCUT2D eigenvalue weighted by atomic mass is 9.95. The van der Waals surface area contributed by atoms with Crippen LogP contribution >= 0.6 is 0 Å². The van der Waals surface area contributed by atoms with E-state index in [0.29, 0.717) is 12.8 Å². The highest BCUT2D eigenvalue weighted by atomic mass is 32.2. The Morgan fingerprint density at radius 2 is 1.68 bits per heavy atom. The van der Waals surface area contributed by atoms with E-state index in [0.717, 1.165) is 6.08 Å². The Labute approximate surface area is 112 Å². The number of hydrogen-bond donors (Lipinski definition) is 0. The number of allylic oxidation sites excluding steroid dienone is 2. The average Bonchev–Trinajstić information content (AvgIpc) is 2.40. The van der Waals surface area contributed by atoms with Gasteiger partial charge in [0.05, 0.1) is 5.75 Å². The molecule has 0 unspecified atom stereocenters. The van der Waals surface area contributed by atoms with E-state index in [1.807, 2.05) is 6.92 Å². The molecule has 0 fully saturated rings. The molecule has 1 aliphatic rings. The van der Waals surface area contributed by atoms with Gasteiger partial charge < -0.3 is 0 Å². The second-order valence-electron chi connectivity index (χ2n) is 4.42. The first-order valence-corrected chi connectivity index (χ1v) is 7.75. The van der Waals surface area contributed by atoms with Crippen LogP contribution in [0.15, 0.2) is 35.2 Å². The molecule has 0 spiro atoms. The third-order valence-corrected chi connectivity index (χ3v) is 4.82. The maximum Gasteiger partial charge on any atom is 0.205 e. The smallest absolute Gasteiger partial charge is 0.205 e. The van der Waals surface area contributed by atoms with E-state index in [-0.39, 0.29) is 21.8 Å². The first-order valence-electron chi connectivity index (χ1n) is 6.10. The minimum Gasteiger partial charge on any atom is -0.289 e. The maximum absolute atomic E-state index is 12.2. The molecule has 100 valence electrons. The lowest BCUT2D eigenvalue weighted by Gasteiger charge is -2.14. The van der Waals surface area contributed by atoms with Crippen molar-refractivity contribution in [1.82, 2.24) is 0 Å². The third-order valence-electron chi connectivity index (χ3n) is 3.02. The number of carbonyl (C=O) groups excluding carboxylic acids is 2. The van der Waals surface area contributed by atoms with E-state index in [2.05, 4.69) is 0 Å². The normalized spacial score (nSPS) is 15.1. The van der Waals surface area contributed by atoms with Crippen LogP contribution in [0.1, 0.15) is 40.5 Å². The summed E-state index contributed by atoms with van der Waals surface area (Å²) in [5.41, 5.74) is 0.437. The van der Waals surface area contributed by atoms with Crippen molar-refractivity contribution in [3.8, 4) is 0 Å². The molecule has 0 aliphatic heterocycles. The molecule has 19 heavy (non-hydrogen) atoms. The zero-order chi connectivity index (χ0) is 14.0. The molecule has 1 aromatic carbocycles. The Morgan fingerprint density at radius 1 is 1.05 bits per heavy atom. The first kappa shape index (κ1) is 13.7. The second kappa shape index (κ2) is 5.09. The molecule has 2 rings (SSSR count). The molecule has 1 aliphatic carbocycles. The van der Waals surface area contributed by atoms with Gasteiger partial charge in [0.1, 0.15) is 4.91 Å². The molecular formula is C14H14O4S. The monoisotopic (exact) mass is 278 g/mol. The fourth-order valence-corrected chi connectivity index (χ4v) is 3.53.